The molecule has 0 unspecified atom stereocenters. The Labute approximate surface area is 189 Å². The summed E-state index contributed by atoms with van der Waals surface area (Å²) in [6.45, 7) is 5.85. The first-order valence-corrected chi connectivity index (χ1v) is 12.2. The third-order valence-electron chi connectivity index (χ3n) is 10.4. The minimum absolute atomic E-state index is 0.137. The van der Waals surface area contributed by atoms with Crippen LogP contribution in [0.4, 0.5) is 0 Å². The largest absolute Gasteiger partial charge is 0.462 e. The number of esters is 1. The molecule has 5 rings (SSSR count). The quantitative estimate of drug-likeness (QED) is 0.671. The maximum Gasteiger partial charge on any atom is 0.335 e. The SMILES string of the molecule is CC(=O)O[C@H]1CC[C@]2(C)[C@H]3CC[C@]4(C)[C@@H](c5ccc(=O)oc5)CC[C@]4(O)[C@@H]3CC[C@]2(O)C1. The highest BCUT2D eigenvalue weighted by Gasteiger charge is 2.70. The Morgan fingerprint density at radius 2 is 1.72 bits per heavy atom. The maximum absolute atomic E-state index is 12.3. The van der Waals surface area contributed by atoms with E-state index < -0.39 is 11.2 Å². The molecular weight excluding hydrogens is 408 g/mol. The fourth-order valence-corrected chi connectivity index (χ4v) is 8.62. The van der Waals surface area contributed by atoms with Gasteiger partial charge < -0.3 is 19.4 Å². The van der Waals surface area contributed by atoms with Crippen LogP contribution in [0.25, 0.3) is 0 Å². The van der Waals surface area contributed by atoms with E-state index in [2.05, 4.69) is 13.8 Å². The van der Waals surface area contributed by atoms with Gasteiger partial charge in [-0.25, -0.2) is 4.79 Å². The van der Waals surface area contributed by atoms with Crippen LogP contribution in [0.15, 0.2) is 27.6 Å². The first-order chi connectivity index (χ1) is 15.0. The highest BCUT2D eigenvalue weighted by atomic mass is 16.5. The molecular formula is C26H36O6. The van der Waals surface area contributed by atoms with E-state index in [1.807, 2.05) is 6.07 Å². The zero-order chi connectivity index (χ0) is 22.9. The van der Waals surface area contributed by atoms with Crippen LogP contribution in [0.2, 0.25) is 0 Å². The van der Waals surface area contributed by atoms with Crippen molar-refractivity contribution in [3.8, 4) is 0 Å². The first kappa shape index (κ1) is 22.1. The van der Waals surface area contributed by atoms with Crippen LogP contribution in [0.1, 0.15) is 90.0 Å². The zero-order valence-electron chi connectivity index (χ0n) is 19.4. The van der Waals surface area contributed by atoms with Crippen molar-refractivity contribution in [3.63, 3.8) is 0 Å². The molecule has 4 aliphatic rings. The van der Waals surface area contributed by atoms with E-state index in [-0.39, 0.29) is 46.3 Å². The lowest BCUT2D eigenvalue weighted by Gasteiger charge is -2.66. The van der Waals surface area contributed by atoms with E-state index in [9.17, 15) is 19.8 Å². The lowest BCUT2D eigenvalue weighted by atomic mass is 9.42. The molecule has 0 spiro atoms. The Kier molecular flexibility index (Phi) is 4.96. The summed E-state index contributed by atoms with van der Waals surface area (Å²) >= 11 is 0. The Morgan fingerprint density at radius 1 is 1.00 bits per heavy atom. The number of ether oxygens (including phenoxy) is 1. The predicted molar refractivity (Wildman–Crippen MR) is 118 cm³/mol. The normalized spacial score (nSPS) is 47.8. The maximum atomic E-state index is 12.3. The molecule has 1 heterocycles. The topological polar surface area (TPSA) is 97.0 Å². The van der Waals surface area contributed by atoms with Crippen molar-refractivity contribution in [2.24, 2.45) is 22.7 Å². The molecule has 6 heteroatoms. The minimum Gasteiger partial charge on any atom is -0.462 e. The van der Waals surface area contributed by atoms with E-state index in [1.165, 1.54) is 13.0 Å². The van der Waals surface area contributed by atoms with Crippen molar-refractivity contribution < 1.29 is 24.2 Å². The highest BCUT2D eigenvalue weighted by molar-refractivity contribution is 5.66. The molecule has 2 N–H and O–H groups in total. The molecule has 1 aromatic rings. The number of rotatable bonds is 2. The van der Waals surface area contributed by atoms with Gasteiger partial charge in [0.05, 0.1) is 17.5 Å². The monoisotopic (exact) mass is 444 g/mol. The molecule has 8 atom stereocenters. The van der Waals surface area contributed by atoms with Crippen LogP contribution in [0, 0.1) is 22.7 Å². The molecule has 1 aromatic heterocycles. The lowest BCUT2D eigenvalue weighted by molar-refractivity contribution is -0.254. The lowest BCUT2D eigenvalue weighted by Crippen LogP contribution is -2.67. The number of hydrogen-bond acceptors (Lipinski definition) is 6. The standard InChI is InChI=1S/C26H36O6/c1-16(27)32-18-6-10-23(2)20-7-11-24(3)19(17-4-5-22(28)31-15-17)9-13-26(24,30)21(20)8-12-25(23,29)14-18/h4-5,15,18-21,29-30H,6-14H2,1-3H3/t18-,19+,20-,21+,23+,24+,25-,26-/m0/s1. The fourth-order valence-electron chi connectivity index (χ4n) is 8.62. The predicted octanol–water partition coefficient (Wildman–Crippen LogP) is 3.93. The Balaban J connectivity index is 1.44. The van der Waals surface area contributed by atoms with Crippen LogP contribution in [-0.2, 0) is 9.53 Å². The number of carbonyl (C=O) groups is 1. The summed E-state index contributed by atoms with van der Waals surface area (Å²) in [5.74, 6) is 0.251. The summed E-state index contributed by atoms with van der Waals surface area (Å²) in [4.78, 5) is 23.0. The van der Waals surface area contributed by atoms with Gasteiger partial charge in [-0.3, -0.25) is 4.79 Å². The van der Waals surface area contributed by atoms with Crippen LogP contribution in [-0.4, -0.2) is 33.5 Å². The average molecular weight is 445 g/mol. The van der Waals surface area contributed by atoms with Crippen LogP contribution in [0.3, 0.4) is 0 Å². The van der Waals surface area contributed by atoms with Crippen LogP contribution in [0.5, 0.6) is 0 Å². The fraction of sp³-hybridized carbons (Fsp3) is 0.769. The molecule has 176 valence electrons. The second-order valence-electron chi connectivity index (χ2n) is 11.5. The van der Waals surface area contributed by atoms with Crippen molar-refractivity contribution in [1.82, 2.24) is 0 Å². The number of hydrogen-bond donors (Lipinski definition) is 2. The van der Waals surface area contributed by atoms with E-state index in [0.717, 1.165) is 50.5 Å². The molecule has 4 saturated carbocycles. The van der Waals surface area contributed by atoms with Gasteiger partial charge in [-0.2, -0.15) is 0 Å². The third kappa shape index (κ3) is 2.91. The van der Waals surface area contributed by atoms with Crippen LogP contribution < -0.4 is 5.63 Å². The van der Waals surface area contributed by atoms with Crippen molar-refractivity contribution in [3.05, 3.63) is 34.4 Å². The third-order valence-corrected chi connectivity index (χ3v) is 10.4. The van der Waals surface area contributed by atoms with E-state index >= 15 is 0 Å². The molecule has 32 heavy (non-hydrogen) atoms. The molecule has 4 aliphatic carbocycles. The van der Waals surface area contributed by atoms with Gasteiger partial charge in [0.1, 0.15) is 6.10 Å². The van der Waals surface area contributed by atoms with Gasteiger partial charge in [-0.05, 0) is 86.2 Å². The Morgan fingerprint density at radius 3 is 2.41 bits per heavy atom. The first-order valence-electron chi connectivity index (χ1n) is 12.2. The molecule has 0 saturated heterocycles. The zero-order valence-corrected chi connectivity index (χ0v) is 19.4. The van der Waals surface area contributed by atoms with Crippen molar-refractivity contribution in [2.45, 2.75) is 102 Å². The van der Waals surface area contributed by atoms with E-state index in [0.29, 0.717) is 12.8 Å². The van der Waals surface area contributed by atoms with Gasteiger partial charge in [0.15, 0.2) is 0 Å². The Hall–Kier alpha value is -1.66. The van der Waals surface area contributed by atoms with Crippen molar-refractivity contribution >= 4 is 5.97 Å². The van der Waals surface area contributed by atoms with E-state index in [4.69, 9.17) is 9.15 Å². The van der Waals surface area contributed by atoms with Crippen LogP contribution >= 0.6 is 0 Å². The van der Waals surface area contributed by atoms with Gasteiger partial charge in [0.2, 0.25) is 0 Å². The summed E-state index contributed by atoms with van der Waals surface area (Å²) in [5.41, 5.74) is -1.58. The second-order valence-corrected chi connectivity index (χ2v) is 11.5. The highest BCUT2D eigenvalue weighted by Crippen LogP contribution is 2.71. The molecule has 6 nitrogen and oxygen atoms in total. The minimum atomic E-state index is -0.864. The van der Waals surface area contributed by atoms with Gasteiger partial charge in [0, 0.05) is 24.8 Å². The second kappa shape index (κ2) is 7.17. The summed E-state index contributed by atoms with van der Waals surface area (Å²) in [6, 6.07) is 3.34. The van der Waals surface area contributed by atoms with Crippen molar-refractivity contribution in [1.29, 1.82) is 0 Å². The number of fused-ring (bicyclic) bond motifs is 5. The molecule has 0 aromatic carbocycles. The van der Waals surface area contributed by atoms with Gasteiger partial charge in [-0.15, -0.1) is 0 Å². The Bertz CT molecular complexity index is 951. The smallest absolute Gasteiger partial charge is 0.335 e. The summed E-state index contributed by atoms with van der Waals surface area (Å²) in [7, 11) is 0. The van der Waals surface area contributed by atoms with E-state index in [1.54, 1.807) is 6.26 Å². The number of carbonyl (C=O) groups excluding carboxylic acids is 1. The molecule has 0 amide bonds. The molecule has 0 aliphatic heterocycles. The number of aliphatic hydroxyl groups is 2. The van der Waals surface area contributed by atoms with Gasteiger partial charge in [0.25, 0.3) is 0 Å². The van der Waals surface area contributed by atoms with Crippen molar-refractivity contribution in [2.75, 3.05) is 0 Å². The summed E-state index contributed by atoms with van der Waals surface area (Å²) in [6.07, 6.45) is 8.30. The summed E-state index contributed by atoms with van der Waals surface area (Å²) in [5, 5.41) is 24.1. The van der Waals surface area contributed by atoms with Gasteiger partial charge in [-0.1, -0.05) is 13.8 Å². The molecule has 0 bridgehead atoms. The van der Waals surface area contributed by atoms with Gasteiger partial charge >= 0.3 is 11.6 Å². The average Bonchev–Trinajstić information content (AvgIpc) is 3.00. The molecule has 4 fully saturated rings. The summed E-state index contributed by atoms with van der Waals surface area (Å²) < 4.78 is 10.6. The molecule has 0 radical (unpaired) electrons.